The number of halogens is 2. The average Bonchev–Trinajstić information content (AvgIpc) is 2.45. The van der Waals surface area contributed by atoms with Crippen LogP contribution in [0.5, 0.6) is 17.2 Å². The lowest BCUT2D eigenvalue weighted by Gasteiger charge is -2.04. The third-order valence-corrected chi connectivity index (χ3v) is 2.72. The van der Waals surface area contributed by atoms with Crippen molar-refractivity contribution in [3.8, 4) is 17.2 Å². The number of methoxy groups -OCH3 is 1. The minimum Gasteiger partial charge on any atom is -0.508 e. The summed E-state index contributed by atoms with van der Waals surface area (Å²) in [6.07, 6.45) is 3.57. The van der Waals surface area contributed by atoms with Gasteiger partial charge in [0, 0.05) is 6.07 Å². The Morgan fingerprint density at radius 2 is 1.62 bits per heavy atom. The highest BCUT2D eigenvalue weighted by Gasteiger charge is 2.03. The molecule has 0 unspecified atom stereocenters. The van der Waals surface area contributed by atoms with Crippen LogP contribution in [0.25, 0.3) is 12.2 Å². The Labute approximate surface area is 121 Å². The molecule has 0 radical (unpaired) electrons. The first-order valence-electron chi connectivity index (χ1n) is 6.18. The molecule has 21 heavy (non-hydrogen) atoms. The zero-order chi connectivity index (χ0) is 15.2. The van der Waals surface area contributed by atoms with Gasteiger partial charge in [-0.1, -0.05) is 24.3 Å². The quantitative estimate of drug-likeness (QED) is 0.840. The monoisotopic (exact) mass is 292 g/mol. The Bertz CT molecular complexity index is 622. The second-order valence-corrected chi connectivity index (χ2v) is 4.25. The lowest BCUT2D eigenvalue weighted by atomic mass is 10.1. The summed E-state index contributed by atoms with van der Waals surface area (Å²) in [7, 11) is 1.52. The summed E-state index contributed by atoms with van der Waals surface area (Å²) in [5.41, 5.74) is 1.58. The standard InChI is InChI=1S/C16H14F2O3/c1-20-15-9-12(8-13(19)10-15)3-2-11-4-6-14(7-5-11)21-16(17)18/h2-10,16,19H,1H3/b3-2+. The Morgan fingerprint density at radius 3 is 2.24 bits per heavy atom. The molecular weight excluding hydrogens is 278 g/mol. The molecule has 0 heterocycles. The van der Waals surface area contributed by atoms with Gasteiger partial charge in [0.1, 0.15) is 17.2 Å². The minimum absolute atomic E-state index is 0.106. The maximum Gasteiger partial charge on any atom is 0.387 e. The number of hydrogen-bond acceptors (Lipinski definition) is 3. The number of ether oxygens (including phenoxy) is 2. The van der Waals surface area contributed by atoms with Gasteiger partial charge >= 0.3 is 6.61 Å². The summed E-state index contributed by atoms with van der Waals surface area (Å²) < 4.78 is 33.4. The van der Waals surface area contributed by atoms with Crippen LogP contribution in [-0.4, -0.2) is 18.8 Å². The zero-order valence-corrected chi connectivity index (χ0v) is 11.3. The summed E-state index contributed by atoms with van der Waals surface area (Å²) in [4.78, 5) is 0. The van der Waals surface area contributed by atoms with E-state index in [9.17, 15) is 13.9 Å². The van der Waals surface area contributed by atoms with Gasteiger partial charge in [-0.15, -0.1) is 0 Å². The molecule has 0 bridgehead atoms. The fourth-order valence-electron chi connectivity index (χ4n) is 1.77. The summed E-state index contributed by atoms with van der Waals surface area (Å²) >= 11 is 0. The van der Waals surface area contributed by atoms with Gasteiger partial charge in [-0.2, -0.15) is 8.78 Å². The van der Waals surface area contributed by atoms with E-state index >= 15 is 0 Å². The lowest BCUT2D eigenvalue weighted by Crippen LogP contribution is -2.01. The molecule has 0 aliphatic rings. The summed E-state index contributed by atoms with van der Waals surface area (Å²) in [5, 5.41) is 9.54. The van der Waals surface area contributed by atoms with Crippen LogP contribution in [0, 0.1) is 0 Å². The number of rotatable bonds is 5. The van der Waals surface area contributed by atoms with Gasteiger partial charge in [0.2, 0.25) is 0 Å². The van der Waals surface area contributed by atoms with Gasteiger partial charge in [-0.25, -0.2) is 0 Å². The third kappa shape index (κ3) is 4.49. The Balaban J connectivity index is 2.12. The molecule has 3 nitrogen and oxygen atoms in total. The van der Waals surface area contributed by atoms with Crippen LogP contribution in [0.1, 0.15) is 11.1 Å². The van der Waals surface area contributed by atoms with E-state index in [1.54, 1.807) is 36.4 Å². The van der Waals surface area contributed by atoms with Crippen molar-refractivity contribution < 1.29 is 23.4 Å². The van der Waals surface area contributed by atoms with Gasteiger partial charge in [0.15, 0.2) is 0 Å². The van der Waals surface area contributed by atoms with Gasteiger partial charge in [0.25, 0.3) is 0 Å². The fraction of sp³-hybridized carbons (Fsp3) is 0.125. The predicted octanol–water partition coefficient (Wildman–Crippen LogP) is 4.17. The molecule has 5 heteroatoms. The van der Waals surface area contributed by atoms with E-state index in [4.69, 9.17) is 4.74 Å². The number of alkyl halides is 2. The van der Waals surface area contributed by atoms with Crippen molar-refractivity contribution in [2.45, 2.75) is 6.61 Å². The van der Waals surface area contributed by atoms with Gasteiger partial charge in [-0.3, -0.25) is 0 Å². The number of benzene rings is 2. The van der Waals surface area contributed by atoms with E-state index in [0.717, 1.165) is 11.1 Å². The van der Waals surface area contributed by atoms with E-state index in [1.807, 2.05) is 0 Å². The van der Waals surface area contributed by atoms with Crippen molar-refractivity contribution in [3.05, 3.63) is 53.6 Å². The first kappa shape index (κ1) is 14.8. The summed E-state index contributed by atoms with van der Waals surface area (Å²) in [6.45, 7) is -2.83. The van der Waals surface area contributed by atoms with Gasteiger partial charge in [0.05, 0.1) is 7.11 Å². The second kappa shape index (κ2) is 6.74. The molecule has 0 aliphatic carbocycles. The molecule has 0 saturated carbocycles. The van der Waals surface area contributed by atoms with Crippen LogP contribution in [0.15, 0.2) is 42.5 Å². The first-order chi connectivity index (χ1) is 10.1. The van der Waals surface area contributed by atoms with Crippen molar-refractivity contribution in [1.82, 2.24) is 0 Å². The molecule has 1 N–H and O–H groups in total. The predicted molar refractivity (Wildman–Crippen MR) is 76.7 cm³/mol. The largest absolute Gasteiger partial charge is 0.508 e. The molecule has 0 fully saturated rings. The number of aromatic hydroxyl groups is 1. The normalized spacial score (nSPS) is 11.0. The van der Waals surface area contributed by atoms with Crippen LogP contribution < -0.4 is 9.47 Å². The van der Waals surface area contributed by atoms with Crippen LogP contribution in [0.4, 0.5) is 8.78 Å². The molecular formula is C16H14F2O3. The lowest BCUT2D eigenvalue weighted by molar-refractivity contribution is -0.0498. The van der Waals surface area contributed by atoms with E-state index in [2.05, 4.69) is 4.74 Å². The summed E-state index contributed by atoms with van der Waals surface area (Å²) in [6, 6.07) is 11.1. The van der Waals surface area contributed by atoms with Crippen molar-refractivity contribution in [1.29, 1.82) is 0 Å². The molecule has 0 aliphatic heterocycles. The SMILES string of the molecule is COc1cc(O)cc(/C=C/c2ccc(OC(F)F)cc2)c1. The van der Waals surface area contributed by atoms with Crippen LogP contribution in [0.2, 0.25) is 0 Å². The second-order valence-electron chi connectivity index (χ2n) is 4.25. The topological polar surface area (TPSA) is 38.7 Å². The Kier molecular flexibility index (Phi) is 4.77. The van der Waals surface area contributed by atoms with Crippen LogP contribution >= 0.6 is 0 Å². The van der Waals surface area contributed by atoms with Crippen molar-refractivity contribution in [2.75, 3.05) is 7.11 Å². The van der Waals surface area contributed by atoms with E-state index in [1.165, 1.54) is 25.3 Å². The first-order valence-corrected chi connectivity index (χ1v) is 6.18. The summed E-state index contributed by atoms with van der Waals surface area (Å²) in [5.74, 6) is 0.770. The average molecular weight is 292 g/mol. The van der Waals surface area contributed by atoms with Crippen molar-refractivity contribution >= 4 is 12.2 Å². The van der Waals surface area contributed by atoms with E-state index < -0.39 is 6.61 Å². The van der Waals surface area contributed by atoms with Gasteiger partial charge in [-0.05, 0) is 35.4 Å². The minimum atomic E-state index is -2.83. The zero-order valence-electron chi connectivity index (χ0n) is 11.3. The van der Waals surface area contributed by atoms with Crippen LogP contribution in [-0.2, 0) is 0 Å². The molecule has 110 valence electrons. The smallest absolute Gasteiger partial charge is 0.387 e. The Morgan fingerprint density at radius 1 is 0.952 bits per heavy atom. The number of hydrogen-bond donors (Lipinski definition) is 1. The molecule has 0 aromatic heterocycles. The van der Waals surface area contributed by atoms with Crippen LogP contribution in [0.3, 0.4) is 0 Å². The highest BCUT2D eigenvalue weighted by atomic mass is 19.3. The Hall–Kier alpha value is -2.56. The molecule has 0 amide bonds. The van der Waals surface area contributed by atoms with Crippen molar-refractivity contribution in [3.63, 3.8) is 0 Å². The molecule has 0 spiro atoms. The number of phenols is 1. The number of phenolic OH excluding ortho intramolecular Hbond substituents is 1. The fourth-order valence-corrected chi connectivity index (χ4v) is 1.77. The molecule has 2 rings (SSSR count). The van der Waals surface area contributed by atoms with E-state index in [-0.39, 0.29) is 11.5 Å². The molecule has 2 aromatic rings. The maximum absolute atomic E-state index is 12.0. The molecule has 0 atom stereocenters. The van der Waals surface area contributed by atoms with Crippen molar-refractivity contribution in [2.24, 2.45) is 0 Å². The highest BCUT2D eigenvalue weighted by molar-refractivity contribution is 5.71. The van der Waals surface area contributed by atoms with E-state index in [0.29, 0.717) is 5.75 Å². The molecule has 0 saturated heterocycles. The molecule has 2 aromatic carbocycles. The third-order valence-electron chi connectivity index (χ3n) is 2.72. The highest BCUT2D eigenvalue weighted by Crippen LogP contribution is 2.23. The maximum atomic E-state index is 12.0. The van der Waals surface area contributed by atoms with Gasteiger partial charge < -0.3 is 14.6 Å².